The lowest BCUT2D eigenvalue weighted by molar-refractivity contribution is -0.143. The van der Waals surface area contributed by atoms with E-state index in [-0.39, 0.29) is 28.5 Å². The number of alkyl halides is 6. The van der Waals surface area contributed by atoms with Crippen LogP contribution in [-0.4, -0.2) is 57.9 Å². The number of hydrogen-bond acceptors (Lipinski definition) is 6. The van der Waals surface area contributed by atoms with Gasteiger partial charge in [-0.05, 0) is 54.2 Å². The van der Waals surface area contributed by atoms with Crippen LogP contribution in [0.25, 0.3) is 17.1 Å². The third-order valence-corrected chi connectivity index (χ3v) is 8.88. The summed E-state index contributed by atoms with van der Waals surface area (Å²) in [5.74, 6) is -2.82. The summed E-state index contributed by atoms with van der Waals surface area (Å²) in [5, 5.41) is 12.7. The van der Waals surface area contributed by atoms with Crippen LogP contribution in [0.1, 0.15) is 51.5 Å². The molecule has 244 valence electrons. The lowest BCUT2D eigenvalue weighted by Crippen LogP contribution is -2.37. The molecule has 2 aromatic carbocycles. The second kappa shape index (κ2) is 12.4. The molecule has 9 nitrogen and oxygen atoms in total. The molecule has 0 aliphatic carbocycles. The van der Waals surface area contributed by atoms with Gasteiger partial charge in [0.25, 0.3) is 0 Å². The van der Waals surface area contributed by atoms with Crippen molar-refractivity contribution in [1.82, 2.24) is 19.1 Å². The minimum absolute atomic E-state index is 0.114. The number of pyridine rings is 1. The number of benzene rings is 2. The van der Waals surface area contributed by atoms with Gasteiger partial charge in [0.05, 0.1) is 23.7 Å². The van der Waals surface area contributed by atoms with E-state index >= 15 is 0 Å². The quantitative estimate of drug-likeness (QED) is 0.217. The van der Waals surface area contributed by atoms with E-state index in [1.54, 1.807) is 12.1 Å². The van der Waals surface area contributed by atoms with Gasteiger partial charge < -0.3 is 9.84 Å². The standard InChI is InChI=1S/C30H26F6N4O5S/c1-46(43,44)39-14-12-20(13-15-39)19-10-8-18(9-11-19)17-45-26-21(4-2-5-23(26)29(31,32)33)24-6-3-7-25(38-24)40-27(30(34,35)36)22(16-37-40)28(41)42/h2-11,16,20H,12-15,17H2,1H3,(H,41,42). The fourth-order valence-electron chi connectivity index (χ4n) is 5.32. The van der Waals surface area contributed by atoms with E-state index in [9.17, 15) is 44.7 Å². The maximum Gasteiger partial charge on any atom is 0.434 e. The first-order valence-corrected chi connectivity index (χ1v) is 15.6. The molecule has 5 rings (SSSR count). The van der Waals surface area contributed by atoms with E-state index in [1.165, 1.54) is 22.5 Å². The first-order valence-electron chi connectivity index (χ1n) is 13.8. The monoisotopic (exact) mass is 668 g/mol. The van der Waals surface area contributed by atoms with Gasteiger partial charge in [0.2, 0.25) is 10.0 Å². The number of ether oxygens (including phenoxy) is 1. The number of nitrogens with zero attached hydrogens (tertiary/aromatic N) is 4. The fraction of sp³-hybridized carbons (Fsp3) is 0.300. The van der Waals surface area contributed by atoms with Gasteiger partial charge in [-0.2, -0.15) is 31.4 Å². The Morgan fingerprint density at radius 3 is 2.20 bits per heavy atom. The van der Waals surface area contributed by atoms with Gasteiger partial charge in [-0.25, -0.2) is 27.2 Å². The lowest BCUT2D eigenvalue weighted by atomic mass is 9.90. The molecule has 0 bridgehead atoms. The number of aromatic nitrogens is 3. The van der Waals surface area contributed by atoms with Crippen molar-refractivity contribution in [3.8, 4) is 22.8 Å². The summed E-state index contributed by atoms with van der Waals surface area (Å²) >= 11 is 0. The minimum atomic E-state index is -5.13. The molecule has 0 radical (unpaired) electrons. The smallest absolute Gasteiger partial charge is 0.434 e. The Balaban J connectivity index is 1.43. The number of sulfonamides is 1. The average molecular weight is 669 g/mol. The van der Waals surface area contributed by atoms with Crippen molar-refractivity contribution < 1.29 is 49.4 Å². The van der Waals surface area contributed by atoms with Gasteiger partial charge in [0.15, 0.2) is 11.5 Å². The molecule has 1 N–H and O–H groups in total. The molecule has 3 heterocycles. The largest absolute Gasteiger partial charge is 0.488 e. The van der Waals surface area contributed by atoms with Crippen molar-refractivity contribution in [3.05, 3.63) is 94.8 Å². The number of halogens is 6. The summed E-state index contributed by atoms with van der Waals surface area (Å²) < 4.78 is 115. The van der Waals surface area contributed by atoms with Crippen LogP contribution in [0, 0.1) is 0 Å². The molecule has 16 heteroatoms. The Bertz CT molecular complexity index is 1850. The van der Waals surface area contributed by atoms with Crippen LogP contribution >= 0.6 is 0 Å². The number of para-hydroxylation sites is 1. The molecule has 0 atom stereocenters. The molecule has 1 fully saturated rings. The number of rotatable bonds is 8. The number of hydrogen-bond donors (Lipinski definition) is 1. The van der Waals surface area contributed by atoms with E-state index in [2.05, 4.69) is 10.1 Å². The number of carboxylic acid groups (broad SMARTS) is 1. The first-order chi connectivity index (χ1) is 21.5. The van der Waals surface area contributed by atoms with Gasteiger partial charge in [-0.3, -0.25) is 0 Å². The molecule has 4 aromatic rings. The average Bonchev–Trinajstić information content (AvgIpc) is 3.46. The highest BCUT2D eigenvalue weighted by atomic mass is 32.2. The highest BCUT2D eigenvalue weighted by Crippen LogP contribution is 2.42. The first kappa shape index (κ1) is 32.9. The summed E-state index contributed by atoms with van der Waals surface area (Å²) in [6.45, 7) is 0.490. The number of piperidine rings is 1. The number of carbonyl (C=O) groups is 1. The second-order valence-corrected chi connectivity index (χ2v) is 12.6. The highest BCUT2D eigenvalue weighted by Gasteiger charge is 2.41. The van der Waals surface area contributed by atoms with Crippen LogP contribution < -0.4 is 4.74 Å². The molecule has 1 saturated heterocycles. The zero-order chi connectivity index (χ0) is 33.4. The van der Waals surface area contributed by atoms with Crippen LogP contribution in [0.3, 0.4) is 0 Å². The Morgan fingerprint density at radius 1 is 0.957 bits per heavy atom. The van der Waals surface area contributed by atoms with E-state index in [0.29, 0.717) is 37.7 Å². The van der Waals surface area contributed by atoms with Crippen molar-refractivity contribution in [2.24, 2.45) is 0 Å². The molecule has 46 heavy (non-hydrogen) atoms. The maximum atomic E-state index is 14.1. The SMILES string of the molecule is CS(=O)(=O)N1CCC(c2ccc(COc3c(-c4cccc(-n5ncc(C(=O)O)c5C(F)(F)F)n4)cccc3C(F)(F)F)cc2)CC1. The summed E-state index contributed by atoms with van der Waals surface area (Å²) in [6.07, 6.45) is -7.06. The van der Waals surface area contributed by atoms with Crippen molar-refractivity contribution in [1.29, 1.82) is 0 Å². The predicted molar refractivity (Wildman–Crippen MR) is 153 cm³/mol. The Kier molecular flexibility index (Phi) is 8.88. The molecule has 0 amide bonds. The van der Waals surface area contributed by atoms with Crippen LogP contribution in [0.15, 0.2) is 66.9 Å². The van der Waals surface area contributed by atoms with Gasteiger partial charge in [0.1, 0.15) is 17.9 Å². The zero-order valence-corrected chi connectivity index (χ0v) is 24.8. The van der Waals surface area contributed by atoms with E-state index in [0.717, 1.165) is 30.0 Å². The molecular weight excluding hydrogens is 642 g/mol. The number of aromatic carboxylic acids is 1. The van der Waals surface area contributed by atoms with Crippen LogP contribution in [0.2, 0.25) is 0 Å². The van der Waals surface area contributed by atoms with E-state index in [4.69, 9.17) is 4.74 Å². The Hall–Kier alpha value is -4.44. The number of carboxylic acids is 1. The highest BCUT2D eigenvalue weighted by molar-refractivity contribution is 7.88. The predicted octanol–water partition coefficient (Wildman–Crippen LogP) is 6.39. The molecular formula is C30H26F6N4O5S. The summed E-state index contributed by atoms with van der Waals surface area (Å²) in [7, 11) is -3.27. The molecule has 2 aromatic heterocycles. The fourth-order valence-corrected chi connectivity index (χ4v) is 6.20. The normalized spacial score (nSPS) is 15.2. The second-order valence-electron chi connectivity index (χ2n) is 10.6. The van der Waals surface area contributed by atoms with E-state index in [1.807, 2.05) is 12.1 Å². The molecule has 0 spiro atoms. The lowest BCUT2D eigenvalue weighted by Gasteiger charge is -2.30. The molecule has 0 saturated carbocycles. The summed E-state index contributed by atoms with van der Waals surface area (Å²) in [4.78, 5) is 15.5. The third-order valence-electron chi connectivity index (χ3n) is 7.57. The van der Waals surface area contributed by atoms with Crippen molar-refractivity contribution >= 4 is 16.0 Å². The molecule has 1 aliphatic rings. The van der Waals surface area contributed by atoms with Crippen LogP contribution in [0.4, 0.5) is 26.3 Å². The Morgan fingerprint density at radius 2 is 1.61 bits per heavy atom. The van der Waals surface area contributed by atoms with Crippen molar-refractivity contribution in [2.75, 3.05) is 19.3 Å². The van der Waals surface area contributed by atoms with Gasteiger partial charge >= 0.3 is 18.3 Å². The summed E-state index contributed by atoms with van der Waals surface area (Å²) in [6, 6.07) is 13.9. The molecule has 0 unspecified atom stereocenters. The zero-order valence-electron chi connectivity index (χ0n) is 24.0. The Labute approximate surface area is 259 Å². The van der Waals surface area contributed by atoms with Crippen LogP contribution in [-0.2, 0) is 29.0 Å². The van der Waals surface area contributed by atoms with Crippen molar-refractivity contribution in [3.63, 3.8) is 0 Å². The van der Waals surface area contributed by atoms with Gasteiger partial charge in [-0.15, -0.1) is 0 Å². The topological polar surface area (TPSA) is 115 Å². The van der Waals surface area contributed by atoms with E-state index < -0.39 is 56.7 Å². The van der Waals surface area contributed by atoms with Gasteiger partial charge in [0, 0.05) is 18.7 Å². The minimum Gasteiger partial charge on any atom is -0.488 e. The summed E-state index contributed by atoms with van der Waals surface area (Å²) in [5.41, 5.74) is -2.69. The molecule has 1 aliphatic heterocycles. The van der Waals surface area contributed by atoms with Gasteiger partial charge in [-0.1, -0.05) is 36.4 Å². The van der Waals surface area contributed by atoms with Crippen LogP contribution in [0.5, 0.6) is 5.75 Å². The third kappa shape index (κ3) is 7.02. The van der Waals surface area contributed by atoms with Crippen molar-refractivity contribution in [2.45, 2.75) is 37.7 Å². The maximum absolute atomic E-state index is 14.1.